The van der Waals surface area contributed by atoms with E-state index in [1.165, 1.54) is 30.6 Å². The Morgan fingerprint density at radius 2 is 2.04 bits per heavy atom. The van der Waals surface area contributed by atoms with Crippen LogP contribution in [0, 0.1) is 11.8 Å². The van der Waals surface area contributed by atoms with Crippen LogP contribution in [-0.4, -0.2) is 68.1 Å². The number of methoxy groups -OCH3 is 1. The second kappa shape index (κ2) is 14.2. The van der Waals surface area contributed by atoms with Gasteiger partial charge in [-0.15, -0.1) is 0 Å². The lowest BCUT2D eigenvalue weighted by atomic mass is 9.68. The van der Waals surface area contributed by atoms with Gasteiger partial charge in [-0.1, -0.05) is 33.6 Å². The molecule has 1 aliphatic heterocycles. The van der Waals surface area contributed by atoms with Gasteiger partial charge in [0.15, 0.2) is 0 Å². The SMILES string of the molecule is COC(=O)c1ccc2c(c1)N(C[C@H]1CC[C@H]1[C@H](O)/C=C(\Br)CCCS(=O)(=O)c1ncccn1)C[C@@]1(CCCc3cc(Cl)ccc31)CO2. The Bertz CT molecular complexity index is 1760. The molecule has 1 fully saturated rings. The van der Waals surface area contributed by atoms with E-state index in [0.29, 0.717) is 38.1 Å². The number of sulfone groups is 1. The Morgan fingerprint density at radius 3 is 2.79 bits per heavy atom. The van der Waals surface area contributed by atoms with Crippen LogP contribution in [-0.2, 0) is 26.4 Å². The number of aliphatic hydroxyl groups is 1. The molecular weight excluding hydrogens is 706 g/mol. The lowest BCUT2D eigenvalue weighted by Crippen LogP contribution is -2.49. The minimum Gasteiger partial charge on any atom is -0.490 e. The Morgan fingerprint density at radius 1 is 1.23 bits per heavy atom. The van der Waals surface area contributed by atoms with Crippen molar-refractivity contribution in [3.05, 3.63) is 87.1 Å². The van der Waals surface area contributed by atoms with E-state index in [4.69, 9.17) is 21.1 Å². The molecule has 47 heavy (non-hydrogen) atoms. The molecule has 0 unspecified atom stereocenters. The highest BCUT2D eigenvalue weighted by Gasteiger charge is 2.44. The average Bonchev–Trinajstić information content (AvgIpc) is 3.19. The van der Waals surface area contributed by atoms with Gasteiger partial charge in [-0.3, -0.25) is 0 Å². The number of aliphatic hydroxyl groups excluding tert-OH is 1. The molecule has 3 aromatic rings. The van der Waals surface area contributed by atoms with Crippen LogP contribution in [0.25, 0.3) is 0 Å². The Kier molecular flexibility index (Phi) is 10.3. The zero-order valence-corrected chi connectivity index (χ0v) is 29.4. The number of ether oxygens (including phenoxy) is 2. The summed E-state index contributed by atoms with van der Waals surface area (Å²) in [4.78, 5) is 22.6. The molecule has 2 aromatic carbocycles. The fourth-order valence-corrected chi connectivity index (χ4v) is 9.17. The monoisotopic (exact) mass is 743 g/mol. The number of halogens is 2. The second-order valence-corrected chi connectivity index (χ2v) is 16.3. The molecule has 9 nitrogen and oxygen atoms in total. The summed E-state index contributed by atoms with van der Waals surface area (Å²) < 4.78 is 37.5. The van der Waals surface area contributed by atoms with E-state index in [1.807, 2.05) is 18.2 Å². The number of anilines is 1. The van der Waals surface area contributed by atoms with E-state index in [-0.39, 0.29) is 28.2 Å². The van der Waals surface area contributed by atoms with E-state index in [2.05, 4.69) is 42.9 Å². The zero-order chi connectivity index (χ0) is 33.2. The third kappa shape index (κ3) is 7.38. The van der Waals surface area contributed by atoms with Gasteiger partial charge in [-0.2, -0.15) is 0 Å². The normalized spacial score (nSPS) is 23.1. The first kappa shape index (κ1) is 33.9. The van der Waals surface area contributed by atoms with Crippen molar-refractivity contribution in [2.75, 3.05) is 37.5 Å². The van der Waals surface area contributed by atoms with Gasteiger partial charge in [0, 0.05) is 35.9 Å². The first-order chi connectivity index (χ1) is 22.6. The number of hydrogen-bond donors (Lipinski definition) is 1. The third-order valence-electron chi connectivity index (χ3n) is 9.83. The van der Waals surface area contributed by atoms with Crippen LogP contribution in [0.3, 0.4) is 0 Å². The van der Waals surface area contributed by atoms with Crippen LogP contribution in [0.15, 0.2) is 70.6 Å². The second-order valence-electron chi connectivity index (χ2n) is 12.8. The zero-order valence-electron chi connectivity index (χ0n) is 26.3. The highest BCUT2D eigenvalue weighted by Crippen LogP contribution is 2.47. The molecule has 1 N–H and O–H groups in total. The molecular formula is C35H39BrClN3O6S. The molecule has 0 amide bonds. The Labute approximate surface area is 289 Å². The number of hydrogen-bond acceptors (Lipinski definition) is 9. The Balaban J connectivity index is 1.19. The number of carbonyl (C=O) groups excluding carboxylic acids is 1. The lowest BCUT2D eigenvalue weighted by molar-refractivity contribution is 0.0455. The average molecular weight is 745 g/mol. The third-order valence-corrected chi connectivity index (χ3v) is 12.3. The molecule has 0 radical (unpaired) electrons. The molecule has 1 saturated carbocycles. The van der Waals surface area contributed by atoms with Crippen molar-refractivity contribution in [2.24, 2.45) is 11.8 Å². The van der Waals surface area contributed by atoms with Crippen LogP contribution in [0.2, 0.25) is 5.02 Å². The van der Waals surface area contributed by atoms with Crippen LogP contribution < -0.4 is 9.64 Å². The van der Waals surface area contributed by atoms with Crippen LogP contribution >= 0.6 is 27.5 Å². The van der Waals surface area contributed by atoms with Gasteiger partial charge in [0.1, 0.15) is 5.75 Å². The van der Waals surface area contributed by atoms with E-state index in [9.17, 15) is 18.3 Å². The first-order valence-corrected chi connectivity index (χ1v) is 18.8. The number of aryl methyl sites for hydroxylation is 1. The van der Waals surface area contributed by atoms with Gasteiger partial charge in [0.25, 0.3) is 0 Å². The number of allylic oxidation sites excluding steroid dienone is 1. The van der Waals surface area contributed by atoms with Gasteiger partial charge >= 0.3 is 5.97 Å². The summed E-state index contributed by atoms with van der Waals surface area (Å²) in [5, 5.41) is 11.9. The summed E-state index contributed by atoms with van der Waals surface area (Å²) in [5.74, 6) is 0.485. The molecule has 2 heterocycles. The molecule has 0 bridgehead atoms. The molecule has 1 aromatic heterocycles. The molecule has 1 spiro atoms. The summed E-state index contributed by atoms with van der Waals surface area (Å²) >= 11 is 9.97. The largest absolute Gasteiger partial charge is 0.490 e. The summed E-state index contributed by atoms with van der Waals surface area (Å²) in [6.07, 6.45) is 9.61. The maximum Gasteiger partial charge on any atom is 0.337 e. The van der Waals surface area contributed by atoms with Crippen LogP contribution in [0.4, 0.5) is 5.69 Å². The van der Waals surface area contributed by atoms with Gasteiger partial charge in [0.2, 0.25) is 15.0 Å². The highest BCUT2D eigenvalue weighted by molar-refractivity contribution is 9.11. The molecule has 3 aliphatic rings. The van der Waals surface area contributed by atoms with Crippen molar-refractivity contribution < 1.29 is 27.8 Å². The smallest absolute Gasteiger partial charge is 0.337 e. The minimum absolute atomic E-state index is 0.0359. The number of esters is 1. The summed E-state index contributed by atoms with van der Waals surface area (Å²) in [5.41, 5.74) is 3.58. The van der Waals surface area contributed by atoms with Crippen molar-refractivity contribution in [1.29, 1.82) is 0 Å². The lowest BCUT2D eigenvalue weighted by Gasteiger charge is -2.45. The minimum atomic E-state index is -3.57. The summed E-state index contributed by atoms with van der Waals surface area (Å²) in [7, 11) is -2.19. The van der Waals surface area contributed by atoms with Crippen molar-refractivity contribution in [1.82, 2.24) is 9.97 Å². The Hall–Kier alpha value is -2.99. The molecule has 250 valence electrons. The van der Waals surface area contributed by atoms with E-state index in [0.717, 1.165) is 53.0 Å². The quantitative estimate of drug-likeness (QED) is 0.188. The van der Waals surface area contributed by atoms with Crippen LogP contribution in [0.1, 0.15) is 60.0 Å². The van der Waals surface area contributed by atoms with Crippen molar-refractivity contribution in [3.63, 3.8) is 0 Å². The fourth-order valence-electron chi connectivity index (χ4n) is 7.27. The molecule has 0 saturated heterocycles. The first-order valence-electron chi connectivity index (χ1n) is 16.0. The van der Waals surface area contributed by atoms with Gasteiger partial charge < -0.3 is 19.5 Å². The van der Waals surface area contributed by atoms with Gasteiger partial charge in [-0.25, -0.2) is 23.2 Å². The van der Waals surface area contributed by atoms with Crippen molar-refractivity contribution in [3.8, 4) is 5.75 Å². The summed E-state index contributed by atoms with van der Waals surface area (Å²) in [6, 6.07) is 13.2. The van der Waals surface area contributed by atoms with Crippen molar-refractivity contribution >= 4 is 49.0 Å². The molecule has 4 atom stereocenters. The van der Waals surface area contributed by atoms with Crippen molar-refractivity contribution in [2.45, 2.75) is 61.6 Å². The predicted molar refractivity (Wildman–Crippen MR) is 184 cm³/mol. The number of benzene rings is 2. The number of aromatic nitrogens is 2. The van der Waals surface area contributed by atoms with E-state index >= 15 is 0 Å². The maximum absolute atomic E-state index is 12.6. The van der Waals surface area contributed by atoms with E-state index in [1.54, 1.807) is 18.2 Å². The predicted octanol–water partition coefficient (Wildman–Crippen LogP) is 6.31. The summed E-state index contributed by atoms with van der Waals surface area (Å²) in [6.45, 7) is 1.91. The van der Waals surface area contributed by atoms with Crippen LogP contribution in [0.5, 0.6) is 5.75 Å². The van der Waals surface area contributed by atoms with Gasteiger partial charge in [-0.05, 0) is 115 Å². The molecule has 12 heteroatoms. The molecule has 2 aliphatic carbocycles. The number of nitrogens with zero attached hydrogens (tertiary/aromatic N) is 3. The number of carbonyl (C=O) groups is 1. The van der Waals surface area contributed by atoms with E-state index < -0.39 is 21.9 Å². The standard InChI is InChI=1S/C35H39BrClN3O6S/c1-45-33(42)24-8-12-32-30(18-24)40(21-35(22-46-32)13-2-5-23-17-27(37)9-11-29(23)35)20-25-7-10-28(25)31(41)19-26(36)6-3-16-47(43,44)34-38-14-4-15-39-34/h4,8-9,11-12,14-15,17-19,25,28,31,41H,2-3,5-7,10,13,16,20-22H2,1H3/b26-19-/t25-,28-,31-,35+/m1/s1. The number of fused-ring (bicyclic) bond motifs is 3. The highest BCUT2D eigenvalue weighted by atomic mass is 79.9. The topological polar surface area (TPSA) is 119 Å². The maximum atomic E-state index is 12.6. The number of rotatable bonds is 10. The fraction of sp³-hybridized carbons (Fsp3) is 0.457. The molecule has 6 rings (SSSR count). The van der Waals surface area contributed by atoms with Gasteiger partial charge in [0.05, 0.1) is 36.8 Å².